The highest BCUT2D eigenvalue weighted by molar-refractivity contribution is 7.17. The molecule has 4 rings (SSSR count). The van der Waals surface area contributed by atoms with Gasteiger partial charge in [-0.15, -0.1) is 11.3 Å². The predicted molar refractivity (Wildman–Crippen MR) is 112 cm³/mol. The average molecular weight is 417 g/mol. The molecule has 0 aromatic carbocycles. The summed E-state index contributed by atoms with van der Waals surface area (Å²) in [7, 11) is 5.12. The van der Waals surface area contributed by atoms with Crippen molar-refractivity contribution < 1.29 is 14.3 Å². The van der Waals surface area contributed by atoms with Crippen molar-refractivity contribution in [1.29, 1.82) is 0 Å². The minimum absolute atomic E-state index is 0.0819. The van der Waals surface area contributed by atoms with E-state index in [4.69, 9.17) is 4.74 Å². The summed E-state index contributed by atoms with van der Waals surface area (Å²) in [4.78, 5) is 40.9. The number of ether oxygens (including phenoxy) is 1. The van der Waals surface area contributed by atoms with Crippen LogP contribution in [0.2, 0.25) is 0 Å². The Kier molecular flexibility index (Phi) is 5.37. The monoisotopic (exact) mass is 416 g/mol. The van der Waals surface area contributed by atoms with Crippen LogP contribution < -0.4 is 15.1 Å². The third-order valence-corrected chi connectivity index (χ3v) is 6.51. The van der Waals surface area contributed by atoms with Crippen molar-refractivity contribution in [2.75, 3.05) is 62.6 Å². The second kappa shape index (κ2) is 7.96. The van der Waals surface area contributed by atoms with Crippen molar-refractivity contribution in [3.8, 4) is 0 Å². The van der Waals surface area contributed by atoms with Crippen molar-refractivity contribution >= 4 is 39.8 Å². The number of hydrogen-bond donors (Lipinski definition) is 1. The van der Waals surface area contributed by atoms with Gasteiger partial charge in [0, 0.05) is 38.7 Å². The lowest BCUT2D eigenvalue weighted by molar-refractivity contribution is -0.119. The zero-order valence-electron chi connectivity index (χ0n) is 16.8. The van der Waals surface area contributed by atoms with Gasteiger partial charge in [0.05, 0.1) is 25.3 Å². The molecule has 2 aromatic heterocycles. The lowest BCUT2D eigenvalue weighted by Crippen LogP contribution is -2.39. The second-order valence-electron chi connectivity index (χ2n) is 7.07. The third kappa shape index (κ3) is 3.53. The van der Waals surface area contributed by atoms with Crippen LogP contribution in [-0.4, -0.2) is 74.1 Å². The predicted octanol–water partition coefficient (Wildman–Crippen LogP) is 1.21. The van der Waals surface area contributed by atoms with Gasteiger partial charge in [0.25, 0.3) is 5.91 Å². The summed E-state index contributed by atoms with van der Waals surface area (Å²) in [6.07, 6.45) is 2.27. The fraction of sp³-hybridized carbons (Fsp3) is 0.474. The van der Waals surface area contributed by atoms with E-state index < -0.39 is 0 Å². The molecule has 4 heterocycles. The number of nitrogens with one attached hydrogen (secondary N) is 1. The largest absolute Gasteiger partial charge is 0.383 e. The van der Waals surface area contributed by atoms with Gasteiger partial charge in [-0.05, 0) is 12.0 Å². The molecule has 10 heteroatoms. The number of rotatable bonds is 5. The van der Waals surface area contributed by atoms with E-state index in [0.717, 1.165) is 40.0 Å². The van der Waals surface area contributed by atoms with Crippen LogP contribution in [0.5, 0.6) is 0 Å². The molecule has 29 heavy (non-hydrogen) atoms. The molecule has 9 nitrogen and oxygen atoms in total. The molecular weight excluding hydrogens is 392 g/mol. The highest BCUT2D eigenvalue weighted by Crippen LogP contribution is 2.41. The fourth-order valence-corrected chi connectivity index (χ4v) is 5.12. The smallest absolute Gasteiger partial charge is 0.257 e. The van der Waals surface area contributed by atoms with E-state index >= 15 is 0 Å². The molecule has 0 spiro atoms. The zero-order chi connectivity index (χ0) is 20.5. The number of anilines is 3. The van der Waals surface area contributed by atoms with Gasteiger partial charge in [-0.1, -0.05) is 0 Å². The van der Waals surface area contributed by atoms with Crippen LogP contribution in [-0.2, 0) is 22.5 Å². The number of amides is 2. The Morgan fingerprint density at radius 3 is 2.86 bits per heavy atom. The molecule has 0 unspecified atom stereocenters. The number of fused-ring (bicyclic) bond motifs is 3. The summed E-state index contributed by atoms with van der Waals surface area (Å²) in [5.74, 6) is 1.44. The lowest BCUT2D eigenvalue weighted by atomic mass is 10.0. The molecule has 0 aliphatic carbocycles. The van der Waals surface area contributed by atoms with Crippen LogP contribution in [0.3, 0.4) is 0 Å². The first-order valence-electron chi connectivity index (χ1n) is 9.47. The van der Waals surface area contributed by atoms with Crippen LogP contribution in [0, 0.1) is 0 Å². The molecule has 0 saturated carbocycles. The van der Waals surface area contributed by atoms with Crippen molar-refractivity contribution in [1.82, 2.24) is 14.9 Å². The topological polar surface area (TPSA) is 90.9 Å². The minimum Gasteiger partial charge on any atom is -0.383 e. The Morgan fingerprint density at radius 1 is 1.28 bits per heavy atom. The van der Waals surface area contributed by atoms with Crippen LogP contribution in [0.15, 0.2) is 12.4 Å². The molecule has 2 aliphatic rings. The number of carbonyl (C=O) groups excluding carboxylic acids is 2. The molecule has 0 bridgehead atoms. The maximum Gasteiger partial charge on any atom is 0.257 e. The van der Waals surface area contributed by atoms with Crippen LogP contribution >= 0.6 is 11.3 Å². The molecule has 2 aliphatic heterocycles. The van der Waals surface area contributed by atoms with E-state index in [2.05, 4.69) is 20.2 Å². The number of thiophene rings is 1. The number of hydrogen-bond acceptors (Lipinski definition) is 8. The van der Waals surface area contributed by atoms with Gasteiger partial charge in [-0.2, -0.15) is 0 Å². The number of methoxy groups -OCH3 is 1. The quantitative estimate of drug-likeness (QED) is 0.783. The third-order valence-electron chi connectivity index (χ3n) is 5.27. The van der Waals surface area contributed by atoms with Gasteiger partial charge >= 0.3 is 0 Å². The normalized spacial score (nSPS) is 16.6. The van der Waals surface area contributed by atoms with E-state index in [1.165, 1.54) is 16.2 Å². The molecule has 2 amide bonds. The fourth-order valence-electron chi connectivity index (χ4n) is 3.72. The van der Waals surface area contributed by atoms with Gasteiger partial charge < -0.3 is 19.9 Å². The first-order valence-corrected chi connectivity index (χ1v) is 10.3. The number of carbonyl (C=O) groups is 2. The Hall–Kier alpha value is -2.72. The van der Waals surface area contributed by atoms with Gasteiger partial charge in [0.15, 0.2) is 0 Å². The summed E-state index contributed by atoms with van der Waals surface area (Å²) in [5.41, 5.74) is 1.73. The first kappa shape index (κ1) is 19.6. The molecular formula is C19H24N6O3S. The van der Waals surface area contributed by atoms with Gasteiger partial charge in [-0.3, -0.25) is 14.5 Å². The van der Waals surface area contributed by atoms with Gasteiger partial charge in [0.1, 0.15) is 29.5 Å². The Morgan fingerprint density at radius 2 is 2.10 bits per heavy atom. The minimum atomic E-state index is -0.0845. The molecule has 154 valence electrons. The van der Waals surface area contributed by atoms with E-state index in [0.29, 0.717) is 25.3 Å². The number of aromatic nitrogens is 2. The first-order chi connectivity index (χ1) is 14.0. The molecule has 2 aromatic rings. The van der Waals surface area contributed by atoms with Crippen LogP contribution in [0.1, 0.15) is 20.8 Å². The lowest BCUT2D eigenvalue weighted by Gasteiger charge is -2.28. The SMILES string of the molecule is CNc1cc(N2CCc3c(sc4c3C(=O)N(C)CC(=O)N4CCOC)C2)ncn1. The van der Waals surface area contributed by atoms with Crippen molar-refractivity contribution in [2.24, 2.45) is 0 Å². The molecule has 0 radical (unpaired) electrons. The van der Waals surface area contributed by atoms with E-state index in [1.54, 1.807) is 25.4 Å². The van der Waals surface area contributed by atoms with Crippen molar-refractivity contribution in [3.05, 3.63) is 28.4 Å². The van der Waals surface area contributed by atoms with E-state index in [1.807, 2.05) is 13.1 Å². The molecule has 0 atom stereocenters. The van der Waals surface area contributed by atoms with Crippen LogP contribution in [0.25, 0.3) is 0 Å². The summed E-state index contributed by atoms with van der Waals surface area (Å²) in [6, 6.07) is 1.91. The summed E-state index contributed by atoms with van der Waals surface area (Å²) in [5, 5.41) is 3.77. The summed E-state index contributed by atoms with van der Waals surface area (Å²) >= 11 is 1.53. The van der Waals surface area contributed by atoms with E-state index in [-0.39, 0.29) is 18.4 Å². The van der Waals surface area contributed by atoms with Crippen LogP contribution in [0.4, 0.5) is 16.6 Å². The summed E-state index contributed by atoms with van der Waals surface area (Å²) in [6.45, 7) is 2.34. The van der Waals surface area contributed by atoms with Crippen molar-refractivity contribution in [3.63, 3.8) is 0 Å². The Bertz CT molecular complexity index is 946. The second-order valence-corrected chi connectivity index (χ2v) is 8.15. The van der Waals surface area contributed by atoms with Gasteiger partial charge in [-0.25, -0.2) is 9.97 Å². The van der Waals surface area contributed by atoms with E-state index in [9.17, 15) is 9.59 Å². The average Bonchev–Trinajstić information content (AvgIpc) is 3.07. The Balaban J connectivity index is 1.71. The summed E-state index contributed by atoms with van der Waals surface area (Å²) < 4.78 is 5.19. The zero-order valence-corrected chi connectivity index (χ0v) is 17.6. The maximum absolute atomic E-state index is 13.0. The Labute approximate surface area is 173 Å². The molecule has 1 N–H and O–H groups in total. The number of likely N-dealkylation sites (N-methyl/N-ethyl adjacent to an activating group) is 1. The molecule has 0 saturated heterocycles. The highest BCUT2D eigenvalue weighted by atomic mass is 32.1. The maximum atomic E-state index is 13.0. The standard InChI is InChI=1S/C19H24N6O3S/c1-20-14-8-15(22-11-21-14)24-5-4-12-13(9-24)29-19-17(12)18(27)23(2)10-16(26)25(19)6-7-28-3/h8,11H,4-7,9-10H2,1-3H3,(H,20,21,22). The highest BCUT2D eigenvalue weighted by Gasteiger charge is 2.36. The van der Waals surface area contributed by atoms with Gasteiger partial charge in [0.2, 0.25) is 5.91 Å². The molecule has 0 fully saturated rings. The number of nitrogens with zero attached hydrogens (tertiary/aromatic N) is 5. The van der Waals surface area contributed by atoms with Crippen molar-refractivity contribution in [2.45, 2.75) is 13.0 Å².